The third kappa shape index (κ3) is 4.89. The van der Waals surface area contributed by atoms with Crippen molar-refractivity contribution in [2.75, 3.05) is 52.8 Å². The van der Waals surface area contributed by atoms with Crippen LogP contribution in [0.25, 0.3) is 0 Å². The van der Waals surface area contributed by atoms with Crippen LogP contribution >= 0.6 is 0 Å². The summed E-state index contributed by atoms with van der Waals surface area (Å²) in [5.41, 5.74) is 1.94. The lowest BCUT2D eigenvalue weighted by Crippen LogP contribution is -2.47. The first kappa shape index (κ1) is 20.5. The number of ether oxygens (including phenoxy) is 1. The molecule has 1 heterocycles. The first-order valence-corrected chi connectivity index (χ1v) is 9.24. The Kier molecular flexibility index (Phi) is 6.89. The summed E-state index contributed by atoms with van der Waals surface area (Å²) in [6.07, 6.45) is 0.246. The number of fused-ring (bicyclic) bond motifs is 1. The molecule has 0 aliphatic carbocycles. The molecule has 0 spiro atoms. The van der Waals surface area contributed by atoms with Crippen LogP contribution in [0.1, 0.15) is 19.4 Å². The van der Waals surface area contributed by atoms with Crippen molar-refractivity contribution < 1.29 is 14.6 Å². The fourth-order valence-corrected chi connectivity index (χ4v) is 3.27. The molecule has 1 aliphatic rings. The van der Waals surface area contributed by atoms with Gasteiger partial charge in [0, 0.05) is 44.4 Å². The van der Waals surface area contributed by atoms with Crippen LogP contribution in [-0.2, 0) is 11.2 Å². The Bertz CT molecular complexity index is 618. The van der Waals surface area contributed by atoms with E-state index < -0.39 is 0 Å². The van der Waals surface area contributed by atoms with Crippen LogP contribution in [0.2, 0.25) is 0 Å². The van der Waals surface area contributed by atoms with E-state index in [-0.39, 0.29) is 37.0 Å². The van der Waals surface area contributed by atoms with Gasteiger partial charge in [0.2, 0.25) is 5.91 Å². The maximum Gasteiger partial charge on any atom is 0.227 e. The number of aliphatic hydroxyl groups is 1. The summed E-state index contributed by atoms with van der Waals surface area (Å²) in [5.74, 6) is 0.959. The summed E-state index contributed by atoms with van der Waals surface area (Å²) in [7, 11) is 8.02. The lowest BCUT2D eigenvalue weighted by atomic mass is 10.0. The molecular formula is C20H33N3O3. The highest BCUT2D eigenvalue weighted by Gasteiger charge is 2.30. The molecule has 0 aromatic heterocycles. The third-order valence-corrected chi connectivity index (χ3v) is 4.96. The largest absolute Gasteiger partial charge is 0.488 e. The maximum atomic E-state index is 13.0. The SMILES string of the molecule is C[C@H](CO)N1C[C@H](C)[C@H](CN(C)C)Oc2ccc(N(C)C)cc2CC1=O. The highest BCUT2D eigenvalue weighted by Crippen LogP contribution is 2.29. The second kappa shape index (κ2) is 8.73. The Labute approximate surface area is 157 Å². The summed E-state index contributed by atoms with van der Waals surface area (Å²) < 4.78 is 6.38. The van der Waals surface area contributed by atoms with Crippen LogP contribution in [0.15, 0.2) is 18.2 Å². The van der Waals surface area contributed by atoms with Crippen LogP contribution < -0.4 is 9.64 Å². The molecule has 0 unspecified atom stereocenters. The molecule has 6 nitrogen and oxygen atoms in total. The normalized spacial score (nSPS) is 22.2. The van der Waals surface area contributed by atoms with E-state index in [9.17, 15) is 9.90 Å². The van der Waals surface area contributed by atoms with Crippen LogP contribution in [0.4, 0.5) is 5.69 Å². The minimum atomic E-state index is -0.205. The summed E-state index contributed by atoms with van der Waals surface area (Å²) in [5, 5.41) is 9.61. The minimum absolute atomic E-state index is 0.0321. The average molecular weight is 364 g/mol. The van der Waals surface area contributed by atoms with Crippen molar-refractivity contribution in [3.8, 4) is 5.75 Å². The molecule has 2 rings (SSSR count). The van der Waals surface area contributed by atoms with Gasteiger partial charge in [-0.15, -0.1) is 0 Å². The molecule has 0 saturated carbocycles. The van der Waals surface area contributed by atoms with Crippen LogP contribution in [0.5, 0.6) is 5.75 Å². The van der Waals surface area contributed by atoms with Gasteiger partial charge in [-0.3, -0.25) is 4.79 Å². The van der Waals surface area contributed by atoms with Crippen molar-refractivity contribution in [3.63, 3.8) is 0 Å². The fraction of sp³-hybridized carbons (Fsp3) is 0.650. The highest BCUT2D eigenvalue weighted by molar-refractivity contribution is 5.80. The maximum absolute atomic E-state index is 13.0. The minimum Gasteiger partial charge on any atom is -0.488 e. The van der Waals surface area contributed by atoms with Crippen molar-refractivity contribution in [2.24, 2.45) is 5.92 Å². The standard InChI is InChI=1S/C20H33N3O3/c1-14-11-23(15(2)13-24)20(25)10-16-9-17(22(5)6)7-8-18(16)26-19(14)12-21(3)4/h7-9,14-15,19,24H,10-13H2,1-6H3/t14-,15+,19-/m0/s1. The number of nitrogens with zero attached hydrogens (tertiary/aromatic N) is 3. The van der Waals surface area contributed by atoms with Gasteiger partial charge in [0.15, 0.2) is 0 Å². The monoisotopic (exact) mass is 363 g/mol. The topological polar surface area (TPSA) is 56.2 Å². The lowest BCUT2D eigenvalue weighted by molar-refractivity contribution is -0.134. The second-order valence-corrected chi connectivity index (χ2v) is 7.84. The first-order valence-electron chi connectivity index (χ1n) is 9.24. The zero-order valence-corrected chi connectivity index (χ0v) is 16.9. The third-order valence-electron chi connectivity index (χ3n) is 4.96. The van der Waals surface area contributed by atoms with E-state index in [0.29, 0.717) is 6.54 Å². The van der Waals surface area contributed by atoms with Gasteiger partial charge in [-0.05, 0) is 39.2 Å². The van der Waals surface area contributed by atoms with E-state index in [2.05, 4.69) is 11.8 Å². The van der Waals surface area contributed by atoms with Gasteiger partial charge in [0.05, 0.1) is 19.1 Å². The second-order valence-electron chi connectivity index (χ2n) is 7.84. The quantitative estimate of drug-likeness (QED) is 0.858. The van der Waals surface area contributed by atoms with Gasteiger partial charge in [-0.2, -0.15) is 0 Å². The van der Waals surface area contributed by atoms with Crippen molar-refractivity contribution in [2.45, 2.75) is 32.4 Å². The average Bonchev–Trinajstić information content (AvgIpc) is 2.62. The van der Waals surface area contributed by atoms with Gasteiger partial charge in [0.1, 0.15) is 11.9 Å². The molecule has 1 aromatic rings. The number of rotatable bonds is 5. The summed E-state index contributed by atoms with van der Waals surface area (Å²) in [6, 6.07) is 5.81. The molecule has 1 aliphatic heterocycles. The molecule has 146 valence electrons. The Hall–Kier alpha value is -1.79. The number of aliphatic hydroxyl groups excluding tert-OH is 1. The summed E-state index contributed by atoms with van der Waals surface area (Å²) in [6.45, 7) is 5.31. The molecule has 1 N–H and O–H groups in total. The molecule has 6 heteroatoms. The smallest absolute Gasteiger partial charge is 0.227 e. The van der Waals surface area contributed by atoms with Gasteiger partial charge in [0.25, 0.3) is 0 Å². The number of hydrogen-bond donors (Lipinski definition) is 1. The molecule has 3 atom stereocenters. The molecule has 0 fully saturated rings. The Balaban J connectivity index is 2.45. The number of amides is 1. The Morgan fingerprint density at radius 2 is 2.00 bits per heavy atom. The number of carbonyl (C=O) groups is 1. The molecule has 0 bridgehead atoms. The first-order chi connectivity index (χ1) is 12.2. The van der Waals surface area contributed by atoms with E-state index in [1.807, 2.05) is 58.2 Å². The van der Waals surface area contributed by atoms with Gasteiger partial charge >= 0.3 is 0 Å². The zero-order valence-electron chi connectivity index (χ0n) is 16.9. The molecule has 0 saturated heterocycles. The summed E-state index contributed by atoms with van der Waals surface area (Å²) in [4.78, 5) is 18.9. The lowest BCUT2D eigenvalue weighted by Gasteiger charge is -2.33. The number of benzene rings is 1. The molecular weight excluding hydrogens is 330 g/mol. The van der Waals surface area contributed by atoms with E-state index in [1.54, 1.807) is 4.90 Å². The van der Waals surface area contributed by atoms with Gasteiger partial charge in [-0.1, -0.05) is 6.92 Å². The van der Waals surface area contributed by atoms with E-state index in [4.69, 9.17) is 4.74 Å². The Morgan fingerprint density at radius 3 is 2.58 bits per heavy atom. The molecule has 0 radical (unpaired) electrons. The number of carbonyl (C=O) groups excluding carboxylic acids is 1. The highest BCUT2D eigenvalue weighted by atomic mass is 16.5. The Morgan fingerprint density at radius 1 is 1.31 bits per heavy atom. The van der Waals surface area contributed by atoms with Crippen molar-refractivity contribution in [3.05, 3.63) is 23.8 Å². The molecule has 1 aromatic carbocycles. The van der Waals surface area contributed by atoms with Gasteiger partial charge in [-0.25, -0.2) is 0 Å². The molecule has 26 heavy (non-hydrogen) atoms. The fourth-order valence-electron chi connectivity index (χ4n) is 3.27. The van der Waals surface area contributed by atoms with Crippen molar-refractivity contribution >= 4 is 11.6 Å². The zero-order chi connectivity index (χ0) is 19.4. The van der Waals surface area contributed by atoms with Crippen LogP contribution in [-0.4, -0.2) is 80.8 Å². The predicted octanol–water partition coefficient (Wildman–Crippen LogP) is 1.46. The molecule has 1 amide bonds. The number of hydrogen-bond acceptors (Lipinski definition) is 5. The summed E-state index contributed by atoms with van der Waals surface area (Å²) >= 11 is 0. The number of likely N-dealkylation sites (N-methyl/N-ethyl adjacent to an activating group) is 1. The van der Waals surface area contributed by atoms with E-state index in [0.717, 1.165) is 23.5 Å². The predicted molar refractivity (Wildman–Crippen MR) is 105 cm³/mol. The number of anilines is 1. The van der Waals surface area contributed by atoms with Gasteiger partial charge < -0.3 is 24.5 Å². The van der Waals surface area contributed by atoms with Crippen LogP contribution in [0, 0.1) is 5.92 Å². The van der Waals surface area contributed by atoms with Crippen molar-refractivity contribution in [1.29, 1.82) is 0 Å². The van der Waals surface area contributed by atoms with Crippen LogP contribution in [0.3, 0.4) is 0 Å². The van der Waals surface area contributed by atoms with E-state index >= 15 is 0 Å². The van der Waals surface area contributed by atoms with E-state index in [1.165, 1.54) is 0 Å². The van der Waals surface area contributed by atoms with Crippen molar-refractivity contribution in [1.82, 2.24) is 9.80 Å².